The third kappa shape index (κ3) is 8.06. The third-order valence-electron chi connectivity index (χ3n) is 7.50. The fraction of sp³-hybridized carbons (Fsp3) is 0.344. The number of amides is 3. The molecular formula is C32H36Cl2N4O5. The maximum Gasteiger partial charge on any atom is 0.265 e. The lowest BCUT2D eigenvalue weighted by molar-refractivity contribution is -0.132. The van der Waals surface area contributed by atoms with E-state index in [-0.39, 0.29) is 41.9 Å². The zero-order valence-electron chi connectivity index (χ0n) is 24.7. The van der Waals surface area contributed by atoms with Gasteiger partial charge in [0.2, 0.25) is 5.91 Å². The number of carbonyl (C=O) groups is 3. The SMILES string of the molecule is CN1CCOCC1.CNC(=O)c1cccc(-c2cccc(C(C)N(C)C(=O)CN3C(=O)COc4cc(Cl)c(Cl)cc43)c2)c1. The number of hydrogen-bond donors (Lipinski definition) is 1. The minimum Gasteiger partial charge on any atom is -0.482 e. The highest BCUT2D eigenvalue weighted by atomic mass is 35.5. The van der Waals surface area contributed by atoms with Crippen molar-refractivity contribution in [3.05, 3.63) is 81.8 Å². The molecule has 43 heavy (non-hydrogen) atoms. The van der Waals surface area contributed by atoms with Gasteiger partial charge >= 0.3 is 0 Å². The lowest BCUT2D eigenvalue weighted by atomic mass is 9.98. The second-order valence-corrected chi connectivity index (χ2v) is 11.2. The molecular weight excluding hydrogens is 591 g/mol. The monoisotopic (exact) mass is 626 g/mol. The normalized spacial score (nSPS) is 15.4. The van der Waals surface area contributed by atoms with Crippen LogP contribution in [0.25, 0.3) is 11.1 Å². The van der Waals surface area contributed by atoms with E-state index in [4.69, 9.17) is 32.7 Å². The second kappa shape index (κ2) is 14.7. The van der Waals surface area contributed by atoms with E-state index in [9.17, 15) is 14.4 Å². The Morgan fingerprint density at radius 1 is 1.00 bits per heavy atom. The van der Waals surface area contributed by atoms with Crippen molar-refractivity contribution in [2.75, 3.05) is 65.5 Å². The molecule has 228 valence electrons. The summed E-state index contributed by atoms with van der Waals surface area (Å²) in [5.74, 6) is -0.344. The van der Waals surface area contributed by atoms with Gasteiger partial charge in [-0.3, -0.25) is 19.3 Å². The molecule has 2 heterocycles. The molecule has 11 heteroatoms. The van der Waals surface area contributed by atoms with Gasteiger partial charge in [0.15, 0.2) is 6.61 Å². The average molecular weight is 628 g/mol. The van der Waals surface area contributed by atoms with Gasteiger partial charge in [0, 0.05) is 38.8 Å². The lowest BCUT2D eigenvalue weighted by Gasteiger charge is -2.32. The molecule has 1 atom stereocenters. The Balaban J connectivity index is 0.000000530. The van der Waals surface area contributed by atoms with Crippen LogP contribution in [0.5, 0.6) is 5.75 Å². The topological polar surface area (TPSA) is 91.4 Å². The Labute approximate surface area is 262 Å². The number of fused-ring (bicyclic) bond motifs is 1. The molecule has 3 aromatic carbocycles. The van der Waals surface area contributed by atoms with Gasteiger partial charge in [-0.1, -0.05) is 53.5 Å². The van der Waals surface area contributed by atoms with E-state index in [2.05, 4.69) is 17.3 Å². The highest BCUT2D eigenvalue weighted by Crippen LogP contribution is 2.39. The van der Waals surface area contributed by atoms with Gasteiger partial charge in [-0.25, -0.2) is 0 Å². The van der Waals surface area contributed by atoms with Crippen molar-refractivity contribution in [1.29, 1.82) is 0 Å². The van der Waals surface area contributed by atoms with E-state index in [0.717, 1.165) is 43.0 Å². The van der Waals surface area contributed by atoms with Crippen LogP contribution in [-0.4, -0.2) is 88.1 Å². The number of nitrogens with one attached hydrogen (secondary N) is 1. The summed E-state index contributed by atoms with van der Waals surface area (Å²) in [5.41, 5.74) is 3.71. The highest BCUT2D eigenvalue weighted by Gasteiger charge is 2.30. The maximum absolute atomic E-state index is 13.2. The molecule has 2 aliphatic rings. The van der Waals surface area contributed by atoms with Crippen LogP contribution in [0.15, 0.2) is 60.7 Å². The molecule has 3 amide bonds. The molecule has 1 unspecified atom stereocenters. The first-order chi connectivity index (χ1) is 20.6. The van der Waals surface area contributed by atoms with Gasteiger partial charge in [-0.05, 0) is 54.9 Å². The molecule has 0 aromatic heterocycles. The Hall–Kier alpha value is -3.63. The molecule has 2 aliphatic heterocycles. The number of carbonyl (C=O) groups excluding carboxylic acids is 3. The van der Waals surface area contributed by atoms with Crippen LogP contribution in [0, 0.1) is 0 Å². The molecule has 1 fully saturated rings. The smallest absolute Gasteiger partial charge is 0.265 e. The van der Waals surface area contributed by atoms with E-state index >= 15 is 0 Å². The van der Waals surface area contributed by atoms with Gasteiger partial charge in [0.25, 0.3) is 11.8 Å². The van der Waals surface area contributed by atoms with Crippen LogP contribution in [-0.2, 0) is 14.3 Å². The number of nitrogens with zero attached hydrogens (tertiary/aromatic N) is 3. The van der Waals surface area contributed by atoms with E-state index in [1.54, 1.807) is 31.1 Å². The van der Waals surface area contributed by atoms with Crippen LogP contribution in [0.3, 0.4) is 0 Å². The number of likely N-dealkylation sites (N-methyl/N-ethyl adjacent to an activating group) is 2. The fourth-order valence-corrected chi connectivity index (χ4v) is 4.98. The standard InChI is InChI=1S/C27H25Cl2N3O4.C5H11NO/c1-16(17-6-4-7-18(10-17)19-8-5-9-20(11-19)27(35)30-2)31(3)25(33)14-32-23-12-21(28)22(29)13-24(23)36-15-26(32)34;1-6-2-4-7-5-3-6/h4-13,16H,14-15H2,1-3H3,(H,30,35);2-5H2,1H3. The number of ether oxygens (including phenoxy) is 2. The van der Waals surface area contributed by atoms with Crippen LogP contribution in [0.2, 0.25) is 10.0 Å². The van der Waals surface area contributed by atoms with Gasteiger partial charge in [0.05, 0.1) is 35.0 Å². The van der Waals surface area contributed by atoms with E-state index in [1.807, 2.05) is 49.4 Å². The third-order valence-corrected chi connectivity index (χ3v) is 8.22. The van der Waals surface area contributed by atoms with Crippen LogP contribution < -0.4 is 15.0 Å². The number of halogens is 2. The molecule has 1 N–H and O–H groups in total. The quantitative estimate of drug-likeness (QED) is 0.418. The summed E-state index contributed by atoms with van der Waals surface area (Å²) in [7, 11) is 5.41. The van der Waals surface area contributed by atoms with Crippen molar-refractivity contribution in [2.24, 2.45) is 0 Å². The van der Waals surface area contributed by atoms with Crippen LogP contribution >= 0.6 is 23.2 Å². The molecule has 0 bridgehead atoms. The molecule has 0 spiro atoms. The fourth-order valence-electron chi connectivity index (χ4n) is 4.67. The van der Waals surface area contributed by atoms with Crippen molar-refractivity contribution in [3.8, 4) is 16.9 Å². The molecule has 0 aliphatic carbocycles. The Kier molecular flexibility index (Phi) is 11.0. The zero-order chi connectivity index (χ0) is 31.1. The first-order valence-corrected chi connectivity index (χ1v) is 14.7. The van der Waals surface area contributed by atoms with Gasteiger partial charge in [-0.2, -0.15) is 0 Å². The Morgan fingerprint density at radius 3 is 2.30 bits per heavy atom. The zero-order valence-corrected chi connectivity index (χ0v) is 26.2. The molecule has 5 rings (SSSR count). The predicted molar refractivity (Wildman–Crippen MR) is 169 cm³/mol. The lowest BCUT2D eigenvalue weighted by Crippen LogP contribution is -2.46. The molecule has 1 saturated heterocycles. The van der Waals surface area contributed by atoms with Crippen molar-refractivity contribution in [2.45, 2.75) is 13.0 Å². The van der Waals surface area contributed by atoms with Crippen molar-refractivity contribution in [1.82, 2.24) is 15.1 Å². The summed E-state index contributed by atoms with van der Waals surface area (Å²) in [6, 6.07) is 18.0. The minimum atomic E-state index is -0.340. The van der Waals surface area contributed by atoms with Gasteiger partial charge in [0.1, 0.15) is 12.3 Å². The van der Waals surface area contributed by atoms with Crippen LogP contribution in [0.1, 0.15) is 28.9 Å². The summed E-state index contributed by atoms with van der Waals surface area (Å²) in [6.45, 7) is 5.59. The first kappa shape index (κ1) is 32.3. The molecule has 3 aromatic rings. The number of hydrogen-bond acceptors (Lipinski definition) is 6. The summed E-state index contributed by atoms with van der Waals surface area (Å²) < 4.78 is 10.6. The minimum absolute atomic E-state index is 0.158. The predicted octanol–water partition coefficient (Wildman–Crippen LogP) is 4.91. The van der Waals surface area contributed by atoms with E-state index in [0.29, 0.717) is 22.0 Å². The second-order valence-electron chi connectivity index (χ2n) is 10.4. The number of anilines is 1. The highest BCUT2D eigenvalue weighted by molar-refractivity contribution is 6.42. The number of rotatable bonds is 6. The summed E-state index contributed by atoms with van der Waals surface area (Å²) in [5, 5.41) is 3.21. The summed E-state index contributed by atoms with van der Waals surface area (Å²) in [4.78, 5) is 43.1. The largest absolute Gasteiger partial charge is 0.482 e. The Bertz CT molecular complexity index is 1480. The number of benzene rings is 3. The molecule has 0 saturated carbocycles. The van der Waals surface area contributed by atoms with E-state index < -0.39 is 0 Å². The molecule has 0 radical (unpaired) electrons. The van der Waals surface area contributed by atoms with E-state index in [1.165, 1.54) is 11.0 Å². The van der Waals surface area contributed by atoms with Gasteiger partial charge < -0.3 is 24.6 Å². The van der Waals surface area contributed by atoms with Crippen LogP contribution in [0.4, 0.5) is 5.69 Å². The maximum atomic E-state index is 13.2. The van der Waals surface area contributed by atoms with Crippen molar-refractivity contribution >= 4 is 46.6 Å². The summed E-state index contributed by atoms with van der Waals surface area (Å²) in [6.07, 6.45) is 0. The van der Waals surface area contributed by atoms with Gasteiger partial charge in [-0.15, -0.1) is 0 Å². The Morgan fingerprint density at radius 2 is 1.65 bits per heavy atom. The van der Waals surface area contributed by atoms with Crippen molar-refractivity contribution in [3.63, 3.8) is 0 Å². The average Bonchev–Trinajstić information content (AvgIpc) is 3.03. The number of morpholine rings is 1. The molecule has 9 nitrogen and oxygen atoms in total. The van der Waals surface area contributed by atoms with Crippen molar-refractivity contribution < 1.29 is 23.9 Å². The summed E-state index contributed by atoms with van der Waals surface area (Å²) >= 11 is 12.2. The first-order valence-electron chi connectivity index (χ1n) is 14.0.